The van der Waals surface area contributed by atoms with Crippen molar-refractivity contribution in [1.29, 1.82) is 0 Å². The van der Waals surface area contributed by atoms with Gasteiger partial charge in [-0.3, -0.25) is 9.69 Å². The van der Waals surface area contributed by atoms with Crippen molar-refractivity contribution in [3.05, 3.63) is 65.0 Å². The van der Waals surface area contributed by atoms with Crippen molar-refractivity contribution in [2.75, 3.05) is 50.8 Å². The molecule has 2 saturated heterocycles. The van der Waals surface area contributed by atoms with E-state index in [0.29, 0.717) is 30.0 Å². The van der Waals surface area contributed by atoms with Gasteiger partial charge in [-0.25, -0.2) is 15.4 Å². The van der Waals surface area contributed by atoms with Crippen LogP contribution in [0.2, 0.25) is 0 Å². The number of nitrogens with one attached hydrogen (secondary N) is 1. The van der Waals surface area contributed by atoms with E-state index in [2.05, 4.69) is 20.3 Å². The SMILES string of the molecule is CC1=C2C(=O)N(c3ccc(-c4ccc5nc(C(F)(F)F)ccc5n4)cc3C)CCN2NC1CN1CCOCC1. The van der Waals surface area contributed by atoms with Crippen LogP contribution in [0.4, 0.5) is 18.9 Å². The highest BCUT2D eigenvalue weighted by Crippen LogP contribution is 2.33. The number of amides is 1. The number of hydrogen-bond acceptors (Lipinski definition) is 7. The molecule has 0 spiro atoms. The van der Waals surface area contributed by atoms with Gasteiger partial charge in [0.1, 0.15) is 11.4 Å². The molecule has 0 radical (unpaired) electrons. The maximum Gasteiger partial charge on any atom is 0.433 e. The summed E-state index contributed by atoms with van der Waals surface area (Å²) in [6.07, 6.45) is -4.50. The van der Waals surface area contributed by atoms with Gasteiger partial charge in [0.05, 0.1) is 42.5 Å². The Labute approximate surface area is 224 Å². The highest BCUT2D eigenvalue weighted by Gasteiger charge is 2.39. The molecule has 0 saturated carbocycles. The van der Waals surface area contributed by atoms with Crippen LogP contribution in [0.1, 0.15) is 18.2 Å². The fourth-order valence-electron chi connectivity index (χ4n) is 5.51. The second-order valence-corrected chi connectivity index (χ2v) is 10.2. The fraction of sp³-hybridized carbons (Fsp3) is 0.393. The van der Waals surface area contributed by atoms with Gasteiger partial charge in [-0.15, -0.1) is 0 Å². The van der Waals surface area contributed by atoms with E-state index in [9.17, 15) is 18.0 Å². The van der Waals surface area contributed by atoms with Gasteiger partial charge in [-0.2, -0.15) is 13.2 Å². The number of carbonyl (C=O) groups excluding carboxylic acids is 1. The number of benzene rings is 1. The summed E-state index contributed by atoms with van der Waals surface area (Å²) >= 11 is 0. The Hall–Kier alpha value is -3.54. The first kappa shape index (κ1) is 25.7. The number of fused-ring (bicyclic) bond motifs is 2. The summed E-state index contributed by atoms with van der Waals surface area (Å²) in [4.78, 5) is 26.1. The molecule has 0 bridgehead atoms. The van der Waals surface area contributed by atoms with Gasteiger partial charge >= 0.3 is 6.18 Å². The molecule has 1 atom stereocenters. The minimum absolute atomic E-state index is 0.0260. The molecular weight excluding hydrogens is 509 g/mol. The number of morpholine rings is 1. The van der Waals surface area contributed by atoms with E-state index in [-0.39, 0.29) is 17.5 Å². The summed E-state index contributed by atoms with van der Waals surface area (Å²) in [7, 11) is 0. The minimum Gasteiger partial charge on any atom is -0.379 e. The number of aryl methyl sites for hydroxylation is 1. The molecule has 1 amide bonds. The zero-order valence-corrected chi connectivity index (χ0v) is 21.8. The van der Waals surface area contributed by atoms with Crippen LogP contribution in [0.25, 0.3) is 22.3 Å². The van der Waals surface area contributed by atoms with Crippen molar-refractivity contribution in [3.63, 3.8) is 0 Å². The van der Waals surface area contributed by atoms with E-state index in [1.165, 1.54) is 6.07 Å². The van der Waals surface area contributed by atoms with Crippen molar-refractivity contribution < 1.29 is 22.7 Å². The van der Waals surface area contributed by atoms with Crippen LogP contribution in [0, 0.1) is 6.92 Å². The molecule has 8 nitrogen and oxygen atoms in total. The number of carbonyl (C=O) groups is 1. The Morgan fingerprint density at radius 1 is 0.974 bits per heavy atom. The third kappa shape index (κ3) is 4.86. The standard InChI is InChI=1S/C28H29F3N6O2/c1-17-15-19(20-4-5-22-21(32-20)6-8-25(33-22)28(29,30)31)3-7-24(17)36-9-10-37-26(27(36)38)18(2)23(34-37)16-35-11-13-39-14-12-35/h3-8,15,23,34H,9-14,16H2,1-2H3. The number of aromatic nitrogens is 2. The van der Waals surface area contributed by atoms with Gasteiger partial charge in [0.15, 0.2) is 0 Å². The molecule has 3 aliphatic rings. The Balaban J connectivity index is 1.23. The number of alkyl halides is 3. The van der Waals surface area contributed by atoms with Gasteiger partial charge in [-0.1, -0.05) is 6.07 Å². The van der Waals surface area contributed by atoms with E-state index >= 15 is 0 Å². The topological polar surface area (TPSA) is 73.8 Å². The highest BCUT2D eigenvalue weighted by atomic mass is 19.4. The number of halogens is 3. The first-order chi connectivity index (χ1) is 18.7. The number of hydrazine groups is 1. The summed E-state index contributed by atoms with van der Waals surface area (Å²) in [5, 5.41) is 1.99. The van der Waals surface area contributed by atoms with E-state index < -0.39 is 11.9 Å². The van der Waals surface area contributed by atoms with E-state index in [4.69, 9.17) is 4.74 Å². The average molecular weight is 539 g/mol. The number of rotatable bonds is 4. The summed E-state index contributed by atoms with van der Waals surface area (Å²) in [5.74, 6) is -0.0260. The van der Waals surface area contributed by atoms with Crippen LogP contribution < -0.4 is 10.3 Å². The maximum absolute atomic E-state index is 13.7. The highest BCUT2D eigenvalue weighted by molar-refractivity contribution is 6.07. The molecule has 2 fully saturated rings. The minimum atomic E-state index is -4.50. The van der Waals surface area contributed by atoms with Gasteiger partial charge in [0.2, 0.25) is 0 Å². The maximum atomic E-state index is 13.7. The number of piperazine rings is 1. The van der Waals surface area contributed by atoms with E-state index in [0.717, 1.165) is 61.3 Å². The van der Waals surface area contributed by atoms with Crippen molar-refractivity contribution in [2.45, 2.75) is 26.1 Å². The molecule has 204 valence electrons. The Bertz CT molecular complexity index is 1470. The molecule has 39 heavy (non-hydrogen) atoms. The van der Waals surface area contributed by atoms with Crippen LogP contribution in [-0.2, 0) is 15.7 Å². The monoisotopic (exact) mass is 538 g/mol. The molecule has 5 heterocycles. The van der Waals surface area contributed by atoms with Gasteiger partial charge < -0.3 is 14.6 Å². The van der Waals surface area contributed by atoms with Crippen molar-refractivity contribution in [3.8, 4) is 11.3 Å². The number of hydrogen-bond donors (Lipinski definition) is 1. The average Bonchev–Trinajstić information content (AvgIpc) is 3.24. The lowest BCUT2D eigenvalue weighted by Gasteiger charge is -2.36. The zero-order valence-electron chi connectivity index (χ0n) is 21.8. The van der Waals surface area contributed by atoms with Crippen LogP contribution in [0.15, 0.2) is 53.7 Å². The quantitative estimate of drug-likeness (QED) is 0.542. The molecule has 1 unspecified atom stereocenters. The Morgan fingerprint density at radius 2 is 1.72 bits per heavy atom. The molecule has 2 aromatic heterocycles. The normalized spacial score (nSPS) is 20.7. The number of ether oxygens (including phenoxy) is 1. The van der Waals surface area contributed by atoms with Crippen molar-refractivity contribution in [1.82, 2.24) is 25.3 Å². The first-order valence-corrected chi connectivity index (χ1v) is 13.0. The van der Waals surface area contributed by atoms with Gasteiger partial charge in [-0.05, 0) is 61.4 Å². The lowest BCUT2D eigenvalue weighted by molar-refractivity contribution is -0.141. The fourth-order valence-corrected chi connectivity index (χ4v) is 5.51. The Kier molecular flexibility index (Phi) is 6.52. The molecule has 3 aliphatic heterocycles. The number of nitrogens with zero attached hydrogens (tertiary/aromatic N) is 5. The second-order valence-electron chi connectivity index (χ2n) is 10.2. The molecule has 1 aromatic carbocycles. The van der Waals surface area contributed by atoms with Crippen molar-refractivity contribution >= 4 is 22.6 Å². The summed E-state index contributed by atoms with van der Waals surface area (Å²) in [6, 6.07) is 11.4. The van der Waals surface area contributed by atoms with E-state index in [1.54, 1.807) is 12.1 Å². The van der Waals surface area contributed by atoms with Crippen LogP contribution >= 0.6 is 0 Å². The molecular formula is C28H29F3N6O2. The predicted octanol–water partition coefficient (Wildman–Crippen LogP) is 3.77. The second kappa shape index (κ2) is 9.89. The van der Waals surface area contributed by atoms with Crippen molar-refractivity contribution in [2.24, 2.45) is 0 Å². The summed E-state index contributed by atoms with van der Waals surface area (Å²) in [5.41, 5.74) is 8.09. The number of anilines is 1. The lowest BCUT2D eigenvalue weighted by Crippen LogP contribution is -2.53. The summed E-state index contributed by atoms with van der Waals surface area (Å²) < 4.78 is 44.5. The Morgan fingerprint density at radius 3 is 2.46 bits per heavy atom. The number of pyridine rings is 2. The summed E-state index contributed by atoms with van der Waals surface area (Å²) in [6.45, 7) is 9.30. The van der Waals surface area contributed by atoms with Gasteiger partial charge in [0, 0.05) is 37.4 Å². The van der Waals surface area contributed by atoms with E-state index in [1.807, 2.05) is 42.0 Å². The predicted molar refractivity (Wildman–Crippen MR) is 141 cm³/mol. The molecule has 11 heteroatoms. The first-order valence-electron chi connectivity index (χ1n) is 13.0. The molecule has 6 rings (SSSR count). The van der Waals surface area contributed by atoms with Crippen LogP contribution in [-0.4, -0.2) is 77.8 Å². The smallest absolute Gasteiger partial charge is 0.379 e. The van der Waals surface area contributed by atoms with Crippen LogP contribution in [0.3, 0.4) is 0 Å². The third-order valence-electron chi connectivity index (χ3n) is 7.63. The molecule has 0 aliphatic carbocycles. The molecule has 1 N–H and O–H groups in total. The largest absolute Gasteiger partial charge is 0.433 e. The van der Waals surface area contributed by atoms with Gasteiger partial charge in [0.25, 0.3) is 5.91 Å². The zero-order chi connectivity index (χ0) is 27.3. The molecule has 3 aromatic rings. The van der Waals surface area contributed by atoms with Crippen LogP contribution in [0.5, 0.6) is 0 Å². The third-order valence-corrected chi connectivity index (χ3v) is 7.63. The lowest BCUT2D eigenvalue weighted by atomic mass is 10.0.